The van der Waals surface area contributed by atoms with Crippen molar-refractivity contribution in [3.05, 3.63) is 40.2 Å². The highest BCUT2D eigenvalue weighted by Crippen LogP contribution is 2.23. The van der Waals surface area contributed by atoms with Crippen LogP contribution < -0.4 is 10.3 Å². The number of aromatic nitrogens is 1. The Morgan fingerprint density at radius 2 is 2.00 bits per heavy atom. The van der Waals surface area contributed by atoms with Crippen LogP contribution in [0.3, 0.4) is 0 Å². The molecule has 0 radical (unpaired) electrons. The molecule has 5 nitrogen and oxygen atoms in total. The van der Waals surface area contributed by atoms with E-state index < -0.39 is 17.0 Å². The normalized spacial score (nSPS) is 15.4. The Kier molecular flexibility index (Phi) is 3.59. The molecule has 1 N–H and O–H groups in total. The molecule has 1 aromatic carbocycles. The summed E-state index contributed by atoms with van der Waals surface area (Å²) in [4.78, 5) is 25.3. The van der Waals surface area contributed by atoms with Crippen LogP contribution in [0.1, 0.15) is 10.4 Å². The topological polar surface area (TPSA) is 62.5 Å². The molecule has 0 unspecified atom stereocenters. The molecular weight excluding hydrogens is 295 g/mol. The van der Waals surface area contributed by atoms with Gasteiger partial charge in [-0.1, -0.05) is 4.48 Å². The first kappa shape index (κ1) is 13.9. The van der Waals surface area contributed by atoms with Crippen molar-refractivity contribution in [2.24, 2.45) is 0 Å². The predicted octanol–water partition coefficient (Wildman–Crippen LogP) is 1.99. The number of carbonyl (C=O) groups is 1. The Morgan fingerprint density at radius 1 is 1.29 bits per heavy atom. The van der Waals surface area contributed by atoms with Crippen LogP contribution in [0.4, 0.5) is 10.2 Å². The van der Waals surface area contributed by atoms with E-state index in [0.29, 0.717) is 0 Å². The highest BCUT2D eigenvalue weighted by molar-refractivity contribution is 7.99. The van der Waals surface area contributed by atoms with Crippen LogP contribution in [0, 0.1) is 0 Å². The second-order valence-electron chi connectivity index (χ2n) is 4.79. The van der Waals surface area contributed by atoms with Crippen molar-refractivity contribution in [1.29, 1.82) is 0 Å². The van der Waals surface area contributed by atoms with Crippen LogP contribution in [0.5, 0.6) is 0 Å². The van der Waals surface area contributed by atoms with Gasteiger partial charge in [0.1, 0.15) is 5.56 Å². The van der Waals surface area contributed by atoms with E-state index >= 15 is 0 Å². The van der Waals surface area contributed by atoms with Gasteiger partial charge in [-0.05, 0) is 18.2 Å². The van der Waals surface area contributed by atoms with Gasteiger partial charge in [-0.25, -0.2) is 4.79 Å². The van der Waals surface area contributed by atoms with Crippen LogP contribution in [0.15, 0.2) is 29.2 Å². The maximum Gasteiger partial charge on any atom is 0.341 e. The second-order valence-corrected chi connectivity index (χ2v) is 6.01. The Hall–Kier alpha value is -2.02. The van der Waals surface area contributed by atoms with Crippen molar-refractivity contribution in [1.82, 2.24) is 4.79 Å². The molecule has 1 aliphatic heterocycles. The number of pyridine rings is 1. The van der Waals surface area contributed by atoms with Crippen LogP contribution >= 0.6 is 11.8 Å². The van der Waals surface area contributed by atoms with Crippen molar-refractivity contribution < 1.29 is 14.4 Å². The lowest BCUT2D eigenvalue weighted by Gasteiger charge is -2.28. The first-order chi connectivity index (χ1) is 10.1. The third-order valence-corrected chi connectivity index (χ3v) is 4.49. The number of halogens is 1. The highest BCUT2D eigenvalue weighted by atomic mass is 32.2. The summed E-state index contributed by atoms with van der Waals surface area (Å²) in [5, 5.41) is 8.99. The fourth-order valence-electron chi connectivity index (χ4n) is 2.45. The number of carboxylic acid groups (broad SMARTS) is 1. The molecule has 1 aliphatic rings. The zero-order valence-corrected chi connectivity index (χ0v) is 11.9. The molecule has 2 aromatic rings. The van der Waals surface area contributed by atoms with Gasteiger partial charge in [-0.15, -0.1) is 0 Å². The molecule has 21 heavy (non-hydrogen) atoms. The molecule has 2 heterocycles. The van der Waals surface area contributed by atoms with Gasteiger partial charge in [0.2, 0.25) is 5.43 Å². The molecular formula is C14H13FN2O3S. The lowest BCUT2D eigenvalue weighted by molar-refractivity contribution is 0.0693. The molecule has 3 rings (SSSR count). The Labute approximate surface area is 123 Å². The van der Waals surface area contributed by atoms with E-state index in [1.54, 1.807) is 12.1 Å². The SMILES string of the molecule is O=C(O)c1cn(F)c2cc(N3CCSCC3)ccc2c1=O. The van der Waals surface area contributed by atoms with Gasteiger partial charge in [0.25, 0.3) is 0 Å². The number of fused-ring (bicyclic) bond motifs is 1. The Morgan fingerprint density at radius 3 is 2.67 bits per heavy atom. The van der Waals surface area contributed by atoms with Gasteiger partial charge < -0.3 is 10.0 Å². The van der Waals surface area contributed by atoms with E-state index in [9.17, 15) is 14.1 Å². The summed E-state index contributed by atoms with van der Waals surface area (Å²) in [6.07, 6.45) is 0.725. The predicted molar refractivity (Wildman–Crippen MR) is 81.2 cm³/mol. The van der Waals surface area contributed by atoms with Gasteiger partial charge in [-0.3, -0.25) is 4.79 Å². The lowest BCUT2D eigenvalue weighted by atomic mass is 10.1. The van der Waals surface area contributed by atoms with Gasteiger partial charge >= 0.3 is 5.97 Å². The first-order valence-corrected chi connectivity index (χ1v) is 7.65. The number of hydrogen-bond acceptors (Lipinski definition) is 4. The molecule has 110 valence electrons. The van der Waals surface area contributed by atoms with Gasteiger partial charge in [0, 0.05) is 35.7 Å². The Balaban J connectivity index is 2.14. The van der Waals surface area contributed by atoms with Gasteiger partial charge in [-0.2, -0.15) is 16.6 Å². The average Bonchev–Trinajstić information content (AvgIpc) is 2.51. The third kappa shape index (κ3) is 2.49. The monoisotopic (exact) mass is 308 g/mol. The fourth-order valence-corrected chi connectivity index (χ4v) is 3.35. The minimum Gasteiger partial charge on any atom is -0.477 e. The summed E-state index contributed by atoms with van der Waals surface area (Å²) in [5.74, 6) is 0.599. The molecule has 1 aromatic heterocycles. The van der Waals surface area contributed by atoms with Crippen molar-refractivity contribution in [2.45, 2.75) is 0 Å². The molecule has 0 aliphatic carbocycles. The average molecular weight is 308 g/mol. The fraction of sp³-hybridized carbons (Fsp3) is 0.286. The van der Waals surface area contributed by atoms with E-state index in [1.807, 2.05) is 11.8 Å². The maximum absolute atomic E-state index is 14.0. The number of rotatable bonds is 2. The van der Waals surface area contributed by atoms with Crippen molar-refractivity contribution in [3.63, 3.8) is 0 Å². The minimum atomic E-state index is -1.43. The maximum atomic E-state index is 14.0. The van der Waals surface area contributed by atoms with E-state index in [2.05, 4.69) is 4.90 Å². The van der Waals surface area contributed by atoms with E-state index in [-0.39, 0.29) is 15.7 Å². The van der Waals surface area contributed by atoms with Crippen molar-refractivity contribution in [2.75, 3.05) is 29.5 Å². The van der Waals surface area contributed by atoms with E-state index in [0.717, 1.165) is 36.5 Å². The molecule has 0 atom stereocenters. The number of benzene rings is 1. The summed E-state index contributed by atoms with van der Waals surface area (Å²) in [5.41, 5.74) is -0.281. The zero-order valence-electron chi connectivity index (χ0n) is 11.1. The lowest BCUT2D eigenvalue weighted by Crippen LogP contribution is -2.32. The largest absolute Gasteiger partial charge is 0.477 e. The number of thioether (sulfide) groups is 1. The molecule has 0 amide bonds. The number of nitrogens with zero attached hydrogens (tertiary/aromatic N) is 2. The second kappa shape index (κ2) is 5.40. The molecule has 1 fully saturated rings. The standard InChI is InChI=1S/C14H13FN2O3S/c15-17-8-11(14(19)20)13(18)10-2-1-9(7-12(10)17)16-3-5-21-6-4-16/h1-2,7-8H,3-6H2,(H,19,20). The van der Waals surface area contributed by atoms with Gasteiger partial charge in [0.15, 0.2) is 0 Å². The number of aromatic carboxylic acids is 1. The highest BCUT2D eigenvalue weighted by Gasteiger charge is 2.17. The summed E-state index contributed by atoms with van der Waals surface area (Å²) < 4.78 is 14.0. The molecule has 7 heteroatoms. The quantitative estimate of drug-likeness (QED) is 0.919. The zero-order chi connectivity index (χ0) is 15.0. The van der Waals surface area contributed by atoms with Crippen LogP contribution in [0.25, 0.3) is 10.9 Å². The van der Waals surface area contributed by atoms with Crippen molar-refractivity contribution in [3.8, 4) is 0 Å². The number of hydrogen-bond donors (Lipinski definition) is 1. The number of anilines is 1. The summed E-state index contributed by atoms with van der Waals surface area (Å²) >= 11 is 1.87. The third-order valence-electron chi connectivity index (χ3n) is 3.55. The summed E-state index contributed by atoms with van der Waals surface area (Å²) in [7, 11) is 0. The molecule has 0 spiro atoms. The smallest absolute Gasteiger partial charge is 0.341 e. The molecule has 0 saturated carbocycles. The van der Waals surface area contributed by atoms with E-state index in [4.69, 9.17) is 5.11 Å². The number of carboxylic acids is 1. The summed E-state index contributed by atoms with van der Waals surface area (Å²) in [6, 6.07) is 4.83. The van der Waals surface area contributed by atoms with Crippen molar-refractivity contribution >= 4 is 34.3 Å². The van der Waals surface area contributed by atoms with Gasteiger partial charge in [0.05, 0.1) is 11.7 Å². The Bertz CT molecular complexity index is 769. The minimum absolute atomic E-state index is 0.0764. The van der Waals surface area contributed by atoms with Crippen LogP contribution in [-0.4, -0.2) is 40.5 Å². The van der Waals surface area contributed by atoms with Crippen LogP contribution in [0.2, 0.25) is 0 Å². The molecule has 1 saturated heterocycles. The molecule has 0 bridgehead atoms. The summed E-state index contributed by atoms with van der Waals surface area (Å²) in [6.45, 7) is 1.75. The van der Waals surface area contributed by atoms with E-state index in [1.165, 1.54) is 6.07 Å². The first-order valence-electron chi connectivity index (χ1n) is 6.49. The van der Waals surface area contributed by atoms with Crippen LogP contribution in [-0.2, 0) is 0 Å².